The zero-order valence-electron chi connectivity index (χ0n) is 11.2. The summed E-state index contributed by atoms with van der Waals surface area (Å²) in [6.45, 7) is 6.64. The van der Waals surface area contributed by atoms with Crippen LogP contribution in [-0.4, -0.2) is 18.8 Å². The van der Waals surface area contributed by atoms with Crippen LogP contribution in [0.3, 0.4) is 0 Å². The van der Waals surface area contributed by atoms with E-state index in [1.165, 1.54) is 0 Å². The molecule has 0 radical (unpaired) electrons. The van der Waals surface area contributed by atoms with Crippen LogP contribution in [0.5, 0.6) is 0 Å². The summed E-state index contributed by atoms with van der Waals surface area (Å²) in [5, 5.41) is 2.96. The molecule has 0 aromatic heterocycles. The van der Waals surface area contributed by atoms with Crippen molar-refractivity contribution in [3.63, 3.8) is 0 Å². The number of unbranched alkanes of at least 4 members (excludes halogenated alkanes) is 1. The van der Waals surface area contributed by atoms with Gasteiger partial charge in [-0.05, 0) is 18.9 Å². The Hall–Kier alpha value is -0.250. The third kappa shape index (κ3) is 9.45. The van der Waals surface area contributed by atoms with Crippen LogP contribution in [-0.2, 0) is 0 Å². The fraction of sp³-hybridized carbons (Fsp3) is 1.00. The minimum absolute atomic E-state index is 0.415. The molecule has 2 atom stereocenters. The largest absolute Gasteiger partial charge is 0.390 e. The summed E-state index contributed by atoms with van der Waals surface area (Å²) in [6.07, 6.45) is 0.126. The Morgan fingerprint density at radius 2 is 1.76 bits per heavy atom. The molecule has 0 amide bonds. The Balaban J connectivity index is 4.19. The molecular formula is C13H26F3N. The van der Waals surface area contributed by atoms with Crippen LogP contribution in [0, 0.1) is 5.92 Å². The van der Waals surface area contributed by atoms with Crippen LogP contribution in [0.2, 0.25) is 0 Å². The van der Waals surface area contributed by atoms with E-state index < -0.39 is 18.6 Å². The van der Waals surface area contributed by atoms with Gasteiger partial charge in [0.25, 0.3) is 0 Å². The lowest BCUT2D eigenvalue weighted by Crippen LogP contribution is -2.35. The molecule has 104 valence electrons. The van der Waals surface area contributed by atoms with Crippen LogP contribution in [0.15, 0.2) is 0 Å². The number of rotatable bonds is 9. The van der Waals surface area contributed by atoms with E-state index in [9.17, 15) is 13.2 Å². The summed E-state index contributed by atoms with van der Waals surface area (Å²) in [7, 11) is 0. The average Bonchev–Trinajstić information content (AvgIpc) is 2.22. The van der Waals surface area contributed by atoms with Crippen LogP contribution >= 0.6 is 0 Å². The van der Waals surface area contributed by atoms with Crippen molar-refractivity contribution in [3.05, 3.63) is 0 Å². The van der Waals surface area contributed by atoms with Gasteiger partial charge in [0.05, 0.1) is 6.42 Å². The van der Waals surface area contributed by atoms with Crippen molar-refractivity contribution in [3.8, 4) is 0 Å². The van der Waals surface area contributed by atoms with Gasteiger partial charge in [-0.25, -0.2) is 0 Å². The summed E-state index contributed by atoms with van der Waals surface area (Å²) in [6, 6.07) is -0.415. The Bertz CT molecular complexity index is 180. The maximum atomic E-state index is 12.4. The molecule has 0 fully saturated rings. The van der Waals surface area contributed by atoms with E-state index in [-0.39, 0.29) is 0 Å². The summed E-state index contributed by atoms with van der Waals surface area (Å²) < 4.78 is 37.2. The van der Waals surface area contributed by atoms with E-state index in [4.69, 9.17) is 0 Å². The van der Waals surface area contributed by atoms with Gasteiger partial charge in [-0.3, -0.25) is 0 Å². The lowest BCUT2D eigenvalue weighted by Gasteiger charge is -2.24. The first-order valence-electron chi connectivity index (χ1n) is 6.73. The van der Waals surface area contributed by atoms with Crippen molar-refractivity contribution in [2.24, 2.45) is 5.92 Å². The van der Waals surface area contributed by atoms with E-state index in [0.717, 1.165) is 25.7 Å². The van der Waals surface area contributed by atoms with E-state index in [1.807, 2.05) is 6.92 Å². The van der Waals surface area contributed by atoms with Gasteiger partial charge in [0.2, 0.25) is 0 Å². The minimum atomic E-state index is -4.06. The maximum absolute atomic E-state index is 12.4. The number of hydrogen-bond donors (Lipinski definition) is 1. The van der Waals surface area contributed by atoms with Crippen LogP contribution < -0.4 is 5.32 Å². The lowest BCUT2D eigenvalue weighted by atomic mass is 9.91. The molecule has 0 aliphatic heterocycles. The zero-order chi connectivity index (χ0) is 13.3. The fourth-order valence-electron chi connectivity index (χ4n) is 2.19. The van der Waals surface area contributed by atoms with Gasteiger partial charge in [0.1, 0.15) is 0 Å². The summed E-state index contributed by atoms with van der Waals surface area (Å²) in [4.78, 5) is 0. The molecule has 0 aromatic carbocycles. The van der Waals surface area contributed by atoms with E-state index in [0.29, 0.717) is 18.9 Å². The van der Waals surface area contributed by atoms with E-state index in [1.54, 1.807) is 0 Å². The highest BCUT2D eigenvalue weighted by Gasteiger charge is 2.32. The molecule has 1 N–H and O–H groups in total. The highest BCUT2D eigenvalue weighted by molar-refractivity contribution is 4.74. The normalized spacial score (nSPS) is 15.9. The van der Waals surface area contributed by atoms with Crippen molar-refractivity contribution >= 4 is 0 Å². The topological polar surface area (TPSA) is 12.0 Å². The Morgan fingerprint density at radius 3 is 2.18 bits per heavy atom. The highest BCUT2D eigenvalue weighted by Crippen LogP contribution is 2.26. The number of nitrogens with one attached hydrogen (secondary N) is 1. The SMILES string of the molecule is CCCCC(CC)CC(CC(F)(F)F)NCC. The smallest absolute Gasteiger partial charge is 0.314 e. The molecule has 0 saturated carbocycles. The molecule has 1 nitrogen and oxygen atoms in total. The molecule has 0 aromatic rings. The van der Waals surface area contributed by atoms with Crippen molar-refractivity contribution in [1.82, 2.24) is 5.32 Å². The molecule has 17 heavy (non-hydrogen) atoms. The van der Waals surface area contributed by atoms with Gasteiger partial charge in [-0.2, -0.15) is 13.2 Å². The van der Waals surface area contributed by atoms with Gasteiger partial charge < -0.3 is 5.32 Å². The van der Waals surface area contributed by atoms with Gasteiger partial charge in [-0.15, -0.1) is 0 Å². The molecule has 0 bridgehead atoms. The number of hydrogen-bond acceptors (Lipinski definition) is 1. The molecule has 0 rings (SSSR count). The van der Waals surface area contributed by atoms with Crippen LogP contribution in [0.25, 0.3) is 0 Å². The first-order chi connectivity index (χ1) is 7.92. The first-order valence-corrected chi connectivity index (χ1v) is 6.73. The summed E-state index contributed by atoms with van der Waals surface area (Å²) in [5.74, 6) is 0.418. The Morgan fingerprint density at radius 1 is 1.12 bits per heavy atom. The Labute approximate surface area is 103 Å². The molecule has 0 aliphatic carbocycles. The molecule has 0 aliphatic rings. The first kappa shape index (κ1) is 16.8. The van der Waals surface area contributed by atoms with Crippen molar-refractivity contribution in [2.45, 2.75) is 71.5 Å². The standard InChI is InChI=1S/C13H26F3N/c1-4-7-8-11(5-2)9-12(17-6-3)10-13(14,15)16/h11-12,17H,4-10H2,1-3H3. The summed E-state index contributed by atoms with van der Waals surface area (Å²) in [5.41, 5.74) is 0. The Kier molecular flexibility index (Phi) is 8.66. The van der Waals surface area contributed by atoms with E-state index in [2.05, 4.69) is 19.2 Å². The molecule has 4 heteroatoms. The zero-order valence-corrected chi connectivity index (χ0v) is 11.2. The van der Waals surface area contributed by atoms with Crippen molar-refractivity contribution in [1.29, 1.82) is 0 Å². The van der Waals surface area contributed by atoms with Crippen molar-refractivity contribution < 1.29 is 13.2 Å². The molecular weight excluding hydrogens is 227 g/mol. The predicted molar refractivity (Wildman–Crippen MR) is 66.1 cm³/mol. The molecule has 2 unspecified atom stereocenters. The minimum Gasteiger partial charge on any atom is -0.314 e. The van der Waals surface area contributed by atoms with E-state index >= 15 is 0 Å². The predicted octanol–water partition coefficient (Wildman–Crippen LogP) is 4.52. The lowest BCUT2D eigenvalue weighted by molar-refractivity contribution is -0.140. The summed E-state index contributed by atoms with van der Waals surface area (Å²) >= 11 is 0. The number of halogens is 3. The number of alkyl halides is 3. The fourth-order valence-corrected chi connectivity index (χ4v) is 2.19. The van der Waals surface area contributed by atoms with Crippen LogP contribution in [0.4, 0.5) is 13.2 Å². The van der Waals surface area contributed by atoms with Gasteiger partial charge in [0.15, 0.2) is 0 Å². The van der Waals surface area contributed by atoms with Gasteiger partial charge in [-0.1, -0.05) is 46.5 Å². The highest BCUT2D eigenvalue weighted by atomic mass is 19.4. The van der Waals surface area contributed by atoms with Crippen molar-refractivity contribution in [2.75, 3.05) is 6.54 Å². The second kappa shape index (κ2) is 8.78. The third-order valence-electron chi connectivity index (χ3n) is 3.13. The second-order valence-corrected chi connectivity index (χ2v) is 4.73. The quantitative estimate of drug-likeness (QED) is 0.637. The molecule has 0 heterocycles. The molecule has 0 spiro atoms. The van der Waals surface area contributed by atoms with Crippen LogP contribution in [0.1, 0.15) is 59.3 Å². The van der Waals surface area contributed by atoms with Gasteiger partial charge >= 0.3 is 6.18 Å². The molecule has 0 saturated heterocycles. The monoisotopic (exact) mass is 253 g/mol. The van der Waals surface area contributed by atoms with Gasteiger partial charge in [0, 0.05) is 6.04 Å². The average molecular weight is 253 g/mol. The third-order valence-corrected chi connectivity index (χ3v) is 3.13. The second-order valence-electron chi connectivity index (χ2n) is 4.73. The maximum Gasteiger partial charge on any atom is 0.390 e.